The average Bonchev–Trinajstić information content (AvgIpc) is 3.96. The predicted molar refractivity (Wildman–Crippen MR) is 256 cm³/mol. The Morgan fingerprint density at radius 2 is 0.695 bits per heavy atom. The van der Waals surface area contributed by atoms with Crippen molar-refractivity contribution in [3.63, 3.8) is 0 Å². The van der Waals surface area contributed by atoms with Crippen molar-refractivity contribution in [2.75, 3.05) is 9.80 Å². The molecule has 0 fully saturated rings. The molecule has 12 rings (SSSR count). The lowest BCUT2D eigenvalue weighted by Crippen LogP contribution is -2.10. The zero-order valence-electron chi connectivity index (χ0n) is 31.9. The molecule has 3 aromatic heterocycles. The number of rotatable bonds is 7. The maximum absolute atomic E-state index is 2.45. The molecule has 59 heavy (non-hydrogen) atoms. The Kier molecular flexibility index (Phi) is 7.90. The van der Waals surface area contributed by atoms with Crippen LogP contribution in [0.25, 0.3) is 67.8 Å². The monoisotopic (exact) mass is 789 g/mol. The molecule has 0 saturated carbocycles. The van der Waals surface area contributed by atoms with Crippen LogP contribution in [0.2, 0.25) is 0 Å². The van der Waals surface area contributed by atoms with E-state index in [-0.39, 0.29) is 0 Å². The molecule has 0 unspecified atom stereocenters. The number of nitrogens with zero attached hydrogens (tertiary/aromatic N) is 3. The summed E-state index contributed by atoms with van der Waals surface area (Å²) in [6.07, 6.45) is 0. The summed E-state index contributed by atoms with van der Waals surface area (Å²) < 4.78 is 7.68. The van der Waals surface area contributed by atoms with Gasteiger partial charge in [-0.3, -0.25) is 0 Å². The largest absolute Gasteiger partial charge is 0.310 e. The number of benzene rings is 9. The molecule has 0 bridgehead atoms. The first-order valence-electron chi connectivity index (χ1n) is 19.9. The van der Waals surface area contributed by atoms with E-state index >= 15 is 0 Å². The molecule has 9 aromatic carbocycles. The second-order valence-electron chi connectivity index (χ2n) is 15.0. The molecule has 0 aliphatic rings. The zero-order chi connectivity index (χ0) is 38.9. The highest BCUT2D eigenvalue weighted by molar-refractivity contribution is 7.26. The van der Waals surface area contributed by atoms with Crippen molar-refractivity contribution in [1.82, 2.24) is 4.57 Å². The number of hydrogen-bond donors (Lipinski definition) is 0. The molecule has 3 nitrogen and oxygen atoms in total. The molecular formula is C54H35N3S2. The van der Waals surface area contributed by atoms with Gasteiger partial charge in [0.2, 0.25) is 0 Å². The summed E-state index contributed by atoms with van der Waals surface area (Å²) >= 11 is 3.73. The Bertz CT molecular complexity index is 3450. The molecule has 0 N–H and O–H groups in total. The third kappa shape index (κ3) is 5.62. The van der Waals surface area contributed by atoms with Gasteiger partial charge in [0.05, 0.1) is 11.0 Å². The number of thiophene rings is 2. The highest BCUT2D eigenvalue weighted by atomic mass is 32.1. The predicted octanol–water partition coefficient (Wildman–Crippen LogP) is 16.5. The van der Waals surface area contributed by atoms with Gasteiger partial charge >= 0.3 is 0 Å². The van der Waals surface area contributed by atoms with Gasteiger partial charge in [-0.1, -0.05) is 91.0 Å². The molecule has 0 saturated heterocycles. The topological polar surface area (TPSA) is 11.4 Å². The van der Waals surface area contributed by atoms with E-state index in [1.807, 2.05) is 22.7 Å². The summed E-state index contributed by atoms with van der Waals surface area (Å²) in [5.41, 5.74) is 10.2. The Balaban J connectivity index is 1.05. The van der Waals surface area contributed by atoms with Gasteiger partial charge in [-0.25, -0.2) is 0 Å². The number of fused-ring (bicyclic) bond motifs is 9. The Morgan fingerprint density at radius 1 is 0.271 bits per heavy atom. The van der Waals surface area contributed by atoms with Crippen LogP contribution in [0.3, 0.4) is 0 Å². The molecule has 278 valence electrons. The second kappa shape index (κ2) is 13.7. The lowest BCUT2D eigenvalue weighted by Gasteiger charge is -2.26. The molecule has 3 heterocycles. The van der Waals surface area contributed by atoms with Crippen molar-refractivity contribution >= 4 is 119 Å². The number of anilines is 6. The van der Waals surface area contributed by atoms with Gasteiger partial charge in [0.15, 0.2) is 0 Å². The van der Waals surface area contributed by atoms with Crippen molar-refractivity contribution < 1.29 is 0 Å². The molecule has 0 aliphatic carbocycles. The molecule has 0 atom stereocenters. The highest BCUT2D eigenvalue weighted by Crippen LogP contribution is 2.45. The summed E-state index contributed by atoms with van der Waals surface area (Å²) in [6.45, 7) is 0. The van der Waals surface area contributed by atoms with Crippen LogP contribution < -0.4 is 9.80 Å². The van der Waals surface area contributed by atoms with E-state index in [9.17, 15) is 0 Å². The molecule has 0 radical (unpaired) electrons. The van der Waals surface area contributed by atoms with E-state index in [1.54, 1.807) is 0 Å². The Labute approximate surface area is 349 Å². The summed E-state index contributed by atoms with van der Waals surface area (Å²) in [5.74, 6) is 0. The van der Waals surface area contributed by atoms with Crippen molar-refractivity contribution in [3.8, 4) is 5.69 Å². The average molecular weight is 790 g/mol. The van der Waals surface area contributed by atoms with Crippen molar-refractivity contribution in [1.29, 1.82) is 0 Å². The van der Waals surface area contributed by atoms with Gasteiger partial charge in [-0.15, -0.1) is 22.7 Å². The summed E-state index contributed by atoms with van der Waals surface area (Å²) in [5, 5.41) is 7.65. The van der Waals surface area contributed by atoms with Gasteiger partial charge in [0.25, 0.3) is 0 Å². The summed E-state index contributed by atoms with van der Waals surface area (Å²) in [7, 11) is 0. The van der Waals surface area contributed by atoms with E-state index in [0.29, 0.717) is 0 Å². The first kappa shape index (κ1) is 33.9. The van der Waals surface area contributed by atoms with E-state index in [2.05, 4.69) is 227 Å². The van der Waals surface area contributed by atoms with E-state index < -0.39 is 0 Å². The van der Waals surface area contributed by atoms with Gasteiger partial charge in [-0.2, -0.15) is 0 Å². The minimum Gasteiger partial charge on any atom is -0.310 e. The van der Waals surface area contributed by atoms with Crippen LogP contribution in [0.4, 0.5) is 34.1 Å². The minimum absolute atomic E-state index is 1.11. The van der Waals surface area contributed by atoms with Crippen LogP contribution in [-0.4, -0.2) is 4.57 Å². The molecule has 5 heteroatoms. The third-order valence-corrected chi connectivity index (χ3v) is 13.8. The second-order valence-corrected chi connectivity index (χ2v) is 17.1. The third-order valence-electron chi connectivity index (χ3n) is 11.5. The maximum atomic E-state index is 2.45. The van der Waals surface area contributed by atoms with Crippen LogP contribution in [0.15, 0.2) is 212 Å². The van der Waals surface area contributed by atoms with E-state index in [4.69, 9.17) is 0 Å². The van der Waals surface area contributed by atoms with Gasteiger partial charge in [0.1, 0.15) is 0 Å². The van der Waals surface area contributed by atoms with Crippen LogP contribution in [0.5, 0.6) is 0 Å². The fourth-order valence-corrected chi connectivity index (χ4v) is 11.1. The summed E-state index contributed by atoms with van der Waals surface area (Å²) in [4.78, 5) is 4.72. The first-order valence-corrected chi connectivity index (χ1v) is 21.6. The smallest absolute Gasteiger partial charge is 0.0548 e. The summed E-state index contributed by atoms with van der Waals surface area (Å²) in [6, 6.07) is 77.3. The van der Waals surface area contributed by atoms with Gasteiger partial charge < -0.3 is 14.4 Å². The van der Waals surface area contributed by atoms with Crippen LogP contribution in [0, 0.1) is 0 Å². The quantitative estimate of drug-likeness (QED) is 0.159. The first-order chi connectivity index (χ1) is 29.2. The molecule has 0 spiro atoms. The van der Waals surface area contributed by atoms with Crippen LogP contribution in [0.1, 0.15) is 0 Å². The highest BCUT2D eigenvalue weighted by Gasteiger charge is 2.20. The molecule has 0 aliphatic heterocycles. The van der Waals surface area contributed by atoms with Crippen LogP contribution in [-0.2, 0) is 0 Å². The Morgan fingerprint density at radius 3 is 1.29 bits per heavy atom. The SMILES string of the molecule is c1ccc(N(c2ccc(-n3c4ccc(N(c5ccccc5)c5ccccc5)cc4c4cc5sc6ccccc6c5cc43)cc2)c2ccc3sc4ccccc4c3c2)cc1. The molecular weight excluding hydrogens is 755 g/mol. The Hall–Kier alpha value is -7.18. The number of para-hydroxylation sites is 3. The fraction of sp³-hybridized carbons (Fsp3) is 0. The van der Waals surface area contributed by atoms with E-state index in [1.165, 1.54) is 62.2 Å². The van der Waals surface area contributed by atoms with Gasteiger partial charge in [0, 0.05) is 90.9 Å². The minimum atomic E-state index is 1.11. The lowest BCUT2D eigenvalue weighted by atomic mass is 10.1. The van der Waals surface area contributed by atoms with Crippen LogP contribution >= 0.6 is 22.7 Å². The van der Waals surface area contributed by atoms with Crippen molar-refractivity contribution in [3.05, 3.63) is 212 Å². The van der Waals surface area contributed by atoms with Gasteiger partial charge in [-0.05, 0) is 121 Å². The molecule has 0 amide bonds. The number of aromatic nitrogens is 1. The maximum Gasteiger partial charge on any atom is 0.0548 e. The fourth-order valence-electron chi connectivity index (χ4n) is 8.87. The lowest BCUT2D eigenvalue weighted by molar-refractivity contribution is 1.17. The van der Waals surface area contributed by atoms with Crippen molar-refractivity contribution in [2.24, 2.45) is 0 Å². The normalized spacial score (nSPS) is 11.7. The standard InChI is InChI=1S/C54H35N3S2/c1-4-14-36(15-5-1)55(37-16-6-2-7-17-37)41-28-30-49-45(32-41)46-35-54-48(44-21-11-13-23-52(44)59-54)34-50(46)57(49)40-26-24-39(25-27-40)56(38-18-8-3-9-19-38)42-29-31-53-47(33-42)43-20-10-12-22-51(43)58-53/h1-35H. The number of hydrogen-bond acceptors (Lipinski definition) is 4. The molecule has 12 aromatic rings. The zero-order valence-corrected chi connectivity index (χ0v) is 33.5. The van der Waals surface area contributed by atoms with E-state index in [0.717, 1.165) is 39.8 Å². The van der Waals surface area contributed by atoms with Crippen molar-refractivity contribution in [2.45, 2.75) is 0 Å².